The summed E-state index contributed by atoms with van der Waals surface area (Å²) >= 11 is 0. The van der Waals surface area contributed by atoms with Gasteiger partial charge in [-0.3, -0.25) is 9.03 Å². The summed E-state index contributed by atoms with van der Waals surface area (Å²) in [4.78, 5) is 0. The van der Waals surface area contributed by atoms with Crippen molar-refractivity contribution in [1.82, 2.24) is 9.03 Å². The molecule has 3 aromatic rings. The molecule has 3 rings (SSSR count). The Balaban J connectivity index is 2.92. The highest BCUT2D eigenvalue weighted by molar-refractivity contribution is 5.62. The van der Waals surface area contributed by atoms with Crippen molar-refractivity contribution in [3.63, 3.8) is 0 Å². The van der Waals surface area contributed by atoms with Gasteiger partial charge in [0, 0.05) is 12.4 Å². The summed E-state index contributed by atoms with van der Waals surface area (Å²) in [5.41, 5.74) is 2.53. The average Bonchev–Trinajstić information content (AvgIpc) is 2.56. The van der Waals surface area contributed by atoms with Gasteiger partial charge in [-0.05, 0) is 24.3 Å². The van der Waals surface area contributed by atoms with Crippen LogP contribution in [0.3, 0.4) is 0 Å². The molecule has 0 N–H and O–H groups in total. The molecule has 0 bridgehead atoms. The highest BCUT2D eigenvalue weighted by Gasteiger charge is 2.00. The van der Waals surface area contributed by atoms with Crippen molar-refractivity contribution in [3.8, 4) is 0 Å². The second-order valence-electron chi connectivity index (χ2n) is 2.51. The van der Waals surface area contributed by atoms with Crippen LogP contribution in [-0.4, -0.2) is 9.03 Å². The van der Waals surface area contributed by atoms with Crippen LogP contribution in [-0.2, 0) is 0 Å². The van der Waals surface area contributed by atoms with Gasteiger partial charge in [-0.2, -0.15) is 0 Å². The van der Waals surface area contributed by atoms with Crippen molar-refractivity contribution < 1.29 is 0 Å². The maximum absolute atomic E-state index is 2.17. The largest absolute Gasteiger partial charge is 0.263 e. The molecule has 2 heteroatoms. The number of aromatic nitrogens is 2. The molecule has 0 amide bonds. The first kappa shape index (κ1) is 4.39. The molecule has 0 saturated carbocycles. The molecule has 0 saturated heterocycles. The lowest BCUT2D eigenvalue weighted by atomic mass is 10.5. The zero-order valence-corrected chi connectivity index (χ0v) is 5.36. The van der Waals surface area contributed by atoms with Crippen LogP contribution in [0.25, 0.3) is 11.0 Å². The Bertz CT molecular complexity index is 360. The van der Waals surface area contributed by atoms with E-state index in [1.807, 2.05) is 0 Å². The monoisotopic (exact) mass is 130 g/mol. The van der Waals surface area contributed by atoms with Crippen molar-refractivity contribution in [2.45, 2.75) is 0 Å². The third-order valence-electron chi connectivity index (χ3n) is 1.94. The highest BCUT2D eigenvalue weighted by atomic mass is 15.3. The van der Waals surface area contributed by atoms with E-state index in [0.29, 0.717) is 0 Å². The first-order chi connectivity index (χ1) is 4.95. The molecule has 0 atom stereocenters. The highest BCUT2D eigenvalue weighted by Crippen LogP contribution is 2.13. The summed E-state index contributed by atoms with van der Waals surface area (Å²) in [5, 5.41) is 0. The van der Waals surface area contributed by atoms with E-state index in [4.69, 9.17) is 0 Å². The van der Waals surface area contributed by atoms with Crippen molar-refractivity contribution in [3.05, 3.63) is 36.7 Å². The second-order valence-corrected chi connectivity index (χ2v) is 2.51. The minimum absolute atomic E-state index is 1.26. The normalized spacial score (nSPS) is 12.0. The van der Waals surface area contributed by atoms with Crippen LogP contribution in [0.5, 0.6) is 0 Å². The molecule has 2 nitrogen and oxygen atoms in total. The summed E-state index contributed by atoms with van der Waals surface area (Å²) < 4.78 is 4.24. The maximum atomic E-state index is 2.17. The van der Waals surface area contributed by atoms with E-state index in [1.54, 1.807) is 0 Å². The van der Waals surface area contributed by atoms with E-state index in [2.05, 4.69) is 45.7 Å². The van der Waals surface area contributed by atoms with Gasteiger partial charge in [0.2, 0.25) is 0 Å². The minimum atomic E-state index is 1.26. The number of hydrogen-bond acceptors (Lipinski definition) is 0. The third-order valence-corrected chi connectivity index (χ3v) is 1.94. The Morgan fingerprint density at radius 3 is 2.00 bits per heavy atom. The van der Waals surface area contributed by atoms with E-state index < -0.39 is 0 Å². The van der Waals surface area contributed by atoms with Crippen LogP contribution in [0.4, 0.5) is 0 Å². The van der Waals surface area contributed by atoms with Crippen LogP contribution in [0.15, 0.2) is 36.7 Å². The Hall–Kier alpha value is -1.44. The van der Waals surface area contributed by atoms with Gasteiger partial charge in [-0.25, -0.2) is 0 Å². The van der Waals surface area contributed by atoms with Crippen LogP contribution in [0, 0.1) is 0 Å². The predicted octanol–water partition coefficient (Wildman–Crippen LogP) is 1.63. The Kier molecular flexibility index (Phi) is 0.520. The predicted molar refractivity (Wildman–Crippen MR) is 39.5 cm³/mol. The van der Waals surface area contributed by atoms with Gasteiger partial charge < -0.3 is 0 Å². The van der Waals surface area contributed by atoms with Crippen molar-refractivity contribution in [2.24, 2.45) is 0 Å². The van der Waals surface area contributed by atoms with Crippen LogP contribution >= 0.6 is 0 Å². The molecule has 0 aliphatic rings. The zero-order chi connectivity index (χ0) is 6.55. The fourth-order valence-corrected chi connectivity index (χ4v) is 1.47. The van der Waals surface area contributed by atoms with Gasteiger partial charge in [0.05, 0.1) is 11.0 Å². The summed E-state index contributed by atoms with van der Waals surface area (Å²) in [7, 11) is 0. The number of rotatable bonds is 0. The molecule has 3 heterocycles. The maximum Gasteiger partial charge on any atom is 0.0652 e. The molecule has 10 heavy (non-hydrogen) atoms. The van der Waals surface area contributed by atoms with Gasteiger partial charge >= 0.3 is 0 Å². The standard InChI is InChI=1S/C8H6N2/c1-2-8-4-6-9-5-3-7(1)10(8)9/h1-6H. The molecule has 0 aliphatic heterocycles. The number of nitrogens with zero attached hydrogens (tertiary/aromatic N) is 2. The quantitative estimate of drug-likeness (QED) is 0.437. The first-order valence-corrected chi connectivity index (χ1v) is 3.32. The Morgan fingerprint density at radius 1 is 0.800 bits per heavy atom. The lowest BCUT2D eigenvalue weighted by molar-refractivity contribution is 0.902. The summed E-state index contributed by atoms with van der Waals surface area (Å²) in [6, 6.07) is 8.45. The zero-order valence-electron chi connectivity index (χ0n) is 5.36. The molecule has 0 fully saturated rings. The third kappa shape index (κ3) is 0.310. The molecule has 0 unspecified atom stereocenters. The topological polar surface area (TPSA) is 8.82 Å². The summed E-state index contributed by atoms with van der Waals surface area (Å²) in [5.74, 6) is 0. The van der Waals surface area contributed by atoms with E-state index in [0.717, 1.165) is 0 Å². The minimum Gasteiger partial charge on any atom is -0.263 e. The molecule has 3 aromatic heterocycles. The fourth-order valence-electron chi connectivity index (χ4n) is 1.47. The van der Waals surface area contributed by atoms with Crippen LogP contribution in [0.1, 0.15) is 0 Å². The first-order valence-electron chi connectivity index (χ1n) is 3.32. The molecule has 0 aromatic carbocycles. The van der Waals surface area contributed by atoms with Crippen molar-refractivity contribution in [2.75, 3.05) is 0 Å². The molecule has 0 spiro atoms. The molecule has 0 radical (unpaired) electrons. The SMILES string of the molecule is c1cc2ccn3ccc1n23. The van der Waals surface area contributed by atoms with Crippen molar-refractivity contribution in [1.29, 1.82) is 0 Å². The number of hydrogen-bond donors (Lipinski definition) is 0. The molecule has 48 valence electrons. The Labute approximate surface area is 57.6 Å². The Morgan fingerprint density at radius 2 is 1.40 bits per heavy atom. The summed E-state index contributed by atoms with van der Waals surface area (Å²) in [6.07, 6.45) is 4.12. The van der Waals surface area contributed by atoms with Gasteiger partial charge in [-0.15, -0.1) is 0 Å². The second kappa shape index (κ2) is 1.19. The molecule has 0 aliphatic carbocycles. The van der Waals surface area contributed by atoms with E-state index >= 15 is 0 Å². The van der Waals surface area contributed by atoms with Gasteiger partial charge in [0.25, 0.3) is 0 Å². The summed E-state index contributed by atoms with van der Waals surface area (Å²) in [6.45, 7) is 0. The van der Waals surface area contributed by atoms with E-state index in [1.165, 1.54) is 11.0 Å². The molecular weight excluding hydrogens is 124 g/mol. The van der Waals surface area contributed by atoms with Crippen LogP contribution in [0.2, 0.25) is 0 Å². The van der Waals surface area contributed by atoms with E-state index in [-0.39, 0.29) is 0 Å². The lowest BCUT2D eigenvalue weighted by Gasteiger charge is -1.84. The average molecular weight is 130 g/mol. The van der Waals surface area contributed by atoms with Crippen molar-refractivity contribution >= 4 is 11.0 Å². The van der Waals surface area contributed by atoms with E-state index in [9.17, 15) is 0 Å². The van der Waals surface area contributed by atoms with Gasteiger partial charge in [0.15, 0.2) is 0 Å². The molecular formula is C8H6N2. The fraction of sp³-hybridized carbons (Fsp3) is 0. The lowest BCUT2D eigenvalue weighted by Crippen LogP contribution is -1.83. The van der Waals surface area contributed by atoms with Crippen LogP contribution < -0.4 is 0 Å². The van der Waals surface area contributed by atoms with Gasteiger partial charge in [-0.1, -0.05) is 0 Å². The van der Waals surface area contributed by atoms with Gasteiger partial charge in [0.1, 0.15) is 0 Å². The smallest absolute Gasteiger partial charge is 0.0652 e.